The lowest BCUT2D eigenvalue weighted by molar-refractivity contribution is 0.177. The molecule has 0 fully saturated rings. The molecule has 1 aromatic carbocycles. The highest BCUT2D eigenvalue weighted by atomic mass is 19.2. The molecule has 2 nitrogen and oxygen atoms in total. The van der Waals surface area contributed by atoms with Crippen LogP contribution in [0.1, 0.15) is 22.9 Å². The van der Waals surface area contributed by atoms with Gasteiger partial charge in [-0.1, -0.05) is 12.1 Å². The van der Waals surface area contributed by atoms with E-state index in [1.54, 1.807) is 25.3 Å². The summed E-state index contributed by atoms with van der Waals surface area (Å²) in [6.45, 7) is 1.80. The summed E-state index contributed by atoms with van der Waals surface area (Å²) in [6, 6.07) is 7.13. The van der Waals surface area contributed by atoms with Crippen molar-refractivity contribution in [3.05, 3.63) is 65.0 Å². The van der Waals surface area contributed by atoms with Crippen molar-refractivity contribution in [2.75, 3.05) is 0 Å². The fourth-order valence-corrected chi connectivity index (χ4v) is 1.85. The third-order valence-corrected chi connectivity index (χ3v) is 2.82. The molecule has 0 aliphatic rings. The van der Waals surface area contributed by atoms with E-state index in [-0.39, 0.29) is 6.42 Å². The molecule has 0 spiro atoms. The smallest absolute Gasteiger partial charge is 0.159 e. The van der Waals surface area contributed by atoms with Crippen LogP contribution in [-0.2, 0) is 6.42 Å². The normalized spacial score (nSPS) is 12.4. The molecule has 0 bridgehead atoms. The van der Waals surface area contributed by atoms with Crippen molar-refractivity contribution in [1.82, 2.24) is 4.98 Å². The van der Waals surface area contributed by atoms with Crippen LogP contribution in [0.4, 0.5) is 8.78 Å². The summed E-state index contributed by atoms with van der Waals surface area (Å²) >= 11 is 0. The summed E-state index contributed by atoms with van der Waals surface area (Å²) in [5.41, 5.74) is 1.97. The summed E-state index contributed by atoms with van der Waals surface area (Å²) in [4.78, 5) is 4.08. The van der Waals surface area contributed by atoms with Gasteiger partial charge in [-0.3, -0.25) is 4.98 Å². The molecule has 0 amide bonds. The SMILES string of the molecule is Cc1ncccc1C(O)Cc1ccc(F)c(F)c1. The van der Waals surface area contributed by atoms with Crippen LogP contribution < -0.4 is 0 Å². The largest absolute Gasteiger partial charge is 0.388 e. The van der Waals surface area contributed by atoms with Gasteiger partial charge in [-0.05, 0) is 30.7 Å². The Bertz CT molecular complexity index is 557. The number of aryl methyl sites for hydroxylation is 1. The van der Waals surface area contributed by atoms with Crippen LogP contribution in [0.25, 0.3) is 0 Å². The van der Waals surface area contributed by atoms with Gasteiger partial charge in [-0.25, -0.2) is 8.78 Å². The van der Waals surface area contributed by atoms with Gasteiger partial charge < -0.3 is 5.11 Å². The second-order valence-electron chi connectivity index (χ2n) is 4.15. The molecule has 0 radical (unpaired) electrons. The summed E-state index contributed by atoms with van der Waals surface area (Å²) < 4.78 is 25.8. The maximum absolute atomic E-state index is 13.0. The second-order valence-corrected chi connectivity index (χ2v) is 4.15. The van der Waals surface area contributed by atoms with Gasteiger partial charge in [-0.15, -0.1) is 0 Å². The van der Waals surface area contributed by atoms with Gasteiger partial charge in [0.1, 0.15) is 0 Å². The Balaban J connectivity index is 2.19. The number of hydrogen-bond donors (Lipinski definition) is 1. The highest BCUT2D eigenvalue weighted by Crippen LogP contribution is 2.21. The minimum Gasteiger partial charge on any atom is -0.388 e. The Hall–Kier alpha value is -1.81. The maximum Gasteiger partial charge on any atom is 0.159 e. The molecule has 1 unspecified atom stereocenters. The quantitative estimate of drug-likeness (QED) is 0.907. The standard InChI is InChI=1S/C14H13F2NO/c1-9-11(3-2-6-17-9)14(18)8-10-4-5-12(15)13(16)7-10/h2-7,14,18H,8H2,1H3. The van der Waals surface area contributed by atoms with E-state index in [1.165, 1.54) is 6.07 Å². The Kier molecular flexibility index (Phi) is 3.67. The minimum atomic E-state index is -0.900. The molecule has 94 valence electrons. The van der Waals surface area contributed by atoms with E-state index in [0.29, 0.717) is 11.1 Å². The molecule has 2 rings (SSSR count). The van der Waals surface area contributed by atoms with Crippen LogP contribution in [0.5, 0.6) is 0 Å². The number of aromatic nitrogens is 1. The summed E-state index contributed by atoms with van der Waals surface area (Å²) in [6.07, 6.45) is 1.09. The lowest BCUT2D eigenvalue weighted by Crippen LogP contribution is -2.05. The highest BCUT2D eigenvalue weighted by Gasteiger charge is 2.12. The van der Waals surface area contributed by atoms with E-state index in [9.17, 15) is 13.9 Å². The average Bonchev–Trinajstić information content (AvgIpc) is 2.34. The molecule has 18 heavy (non-hydrogen) atoms. The molecule has 1 atom stereocenters. The topological polar surface area (TPSA) is 33.1 Å². The fraction of sp³-hybridized carbons (Fsp3) is 0.214. The Morgan fingerprint density at radius 2 is 2.00 bits per heavy atom. The number of aliphatic hydroxyl groups is 1. The number of halogens is 2. The van der Waals surface area contributed by atoms with Crippen LogP contribution in [0.2, 0.25) is 0 Å². The molecule has 0 saturated carbocycles. The molecule has 0 saturated heterocycles. The lowest BCUT2D eigenvalue weighted by atomic mass is 10.0. The van der Waals surface area contributed by atoms with Gasteiger partial charge in [0.2, 0.25) is 0 Å². The predicted octanol–water partition coefficient (Wildman–Crippen LogP) is 2.94. The van der Waals surface area contributed by atoms with Crippen molar-refractivity contribution in [1.29, 1.82) is 0 Å². The third kappa shape index (κ3) is 2.71. The van der Waals surface area contributed by atoms with E-state index in [0.717, 1.165) is 17.8 Å². The van der Waals surface area contributed by atoms with Crippen molar-refractivity contribution in [3.8, 4) is 0 Å². The summed E-state index contributed by atoms with van der Waals surface area (Å²) in [7, 11) is 0. The number of pyridine rings is 1. The van der Waals surface area contributed by atoms with E-state index >= 15 is 0 Å². The Morgan fingerprint density at radius 1 is 1.22 bits per heavy atom. The first-order valence-electron chi connectivity index (χ1n) is 5.61. The monoisotopic (exact) mass is 249 g/mol. The third-order valence-electron chi connectivity index (χ3n) is 2.82. The van der Waals surface area contributed by atoms with Crippen molar-refractivity contribution < 1.29 is 13.9 Å². The highest BCUT2D eigenvalue weighted by molar-refractivity contribution is 5.25. The van der Waals surface area contributed by atoms with Gasteiger partial charge in [0.15, 0.2) is 11.6 Å². The van der Waals surface area contributed by atoms with E-state index in [2.05, 4.69) is 4.98 Å². The second kappa shape index (κ2) is 5.23. The zero-order chi connectivity index (χ0) is 13.1. The number of aliphatic hydroxyl groups excluding tert-OH is 1. The first-order chi connectivity index (χ1) is 8.58. The zero-order valence-corrected chi connectivity index (χ0v) is 9.90. The van der Waals surface area contributed by atoms with Crippen molar-refractivity contribution in [3.63, 3.8) is 0 Å². The van der Waals surface area contributed by atoms with Gasteiger partial charge in [0.05, 0.1) is 6.10 Å². The summed E-state index contributed by atoms with van der Waals surface area (Å²) in [5, 5.41) is 10.1. The molecule has 2 aromatic rings. The van der Waals surface area contributed by atoms with Gasteiger partial charge >= 0.3 is 0 Å². The molecule has 4 heteroatoms. The molecule has 0 aliphatic carbocycles. The zero-order valence-electron chi connectivity index (χ0n) is 9.90. The Labute approximate surface area is 104 Å². The number of hydrogen-bond acceptors (Lipinski definition) is 2. The van der Waals surface area contributed by atoms with Crippen molar-refractivity contribution >= 4 is 0 Å². The van der Waals surface area contributed by atoms with E-state index < -0.39 is 17.7 Å². The Morgan fingerprint density at radius 3 is 2.67 bits per heavy atom. The van der Waals surface area contributed by atoms with Crippen LogP contribution in [0, 0.1) is 18.6 Å². The first-order valence-corrected chi connectivity index (χ1v) is 5.61. The fourth-order valence-electron chi connectivity index (χ4n) is 1.85. The van der Waals surface area contributed by atoms with Crippen LogP contribution in [0.15, 0.2) is 36.5 Å². The maximum atomic E-state index is 13.0. The molecule has 0 aliphatic heterocycles. The van der Waals surface area contributed by atoms with Crippen molar-refractivity contribution in [2.45, 2.75) is 19.4 Å². The predicted molar refractivity (Wildman–Crippen MR) is 64.0 cm³/mol. The van der Waals surface area contributed by atoms with Crippen molar-refractivity contribution in [2.24, 2.45) is 0 Å². The lowest BCUT2D eigenvalue weighted by Gasteiger charge is -2.13. The molecule has 1 N–H and O–H groups in total. The van der Waals surface area contributed by atoms with Crippen LogP contribution in [-0.4, -0.2) is 10.1 Å². The van der Waals surface area contributed by atoms with Crippen LogP contribution in [0.3, 0.4) is 0 Å². The first kappa shape index (κ1) is 12.6. The number of nitrogens with zero attached hydrogens (tertiary/aromatic N) is 1. The van der Waals surface area contributed by atoms with Gasteiger partial charge in [-0.2, -0.15) is 0 Å². The van der Waals surface area contributed by atoms with Crippen LogP contribution >= 0.6 is 0 Å². The molecular weight excluding hydrogens is 236 g/mol. The number of rotatable bonds is 3. The number of benzene rings is 1. The molecular formula is C14H13F2NO. The van der Waals surface area contributed by atoms with Gasteiger partial charge in [0, 0.05) is 23.9 Å². The minimum absolute atomic E-state index is 0.226. The van der Waals surface area contributed by atoms with E-state index in [4.69, 9.17) is 0 Å². The molecule has 1 aromatic heterocycles. The van der Waals surface area contributed by atoms with Gasteiger partial charge in [0.25, 0.3) is 0 Å². The average molecular weight is 249 g/mol. The van der Waals surface area contributed by atoms with E-state index in [1.807, 2.05) is 0 Å². The molecule has 1 heterocycles. The summed E-state index contributed by atoms with van der Waals surface area (Å²) in [5.74, 6) is -1.78.